The van der Waals surface area contributed by atoms with Crippen LogP contribution >= 0.6 is 0 Å². The van der Waals surface area contributed by atoms with Gasteiger partial charge in [-0.1, -0.05) is 6.07 Å². The van der Waals surface area contributed by atoms with Crippen LogP contribution in [0.1, 0.15) is 12.8 Å². The summed E-state index contributed by atoms with van der Waals surface area (Å²) in [5, 5.41) is 2.95. The van der Waals surface area contributed by atoms with Crippen molar-refractivity contribution < 1.29 is 9.18 Å². The number of benzene rings is 1. The van der Waals surface area contributed by atoms with E-state index in [0.29, 0.717) is 18.0 Å². The maximum Gasteiger partial charge on any atom is 0.225 e. The summed E-state index contributed by atoms with van der Waals surface area (Å²) in [6.45, 7) is 2.32. The first-order valence-corrected chi connectivity index (χ1v) is 7.79. The van der Waals surface area contributed by atoms with E-state index in [9.17, 15) is 9.18 Å². The van der Waals surface area contributed by atoms with Crippen molar-refractivity contribution in [2.24, 2.45) is 18.9 Å². The second-order valence-corrected chi connectivity index (χ2v) is 6.26. The van der Waals surface area contributed by atoms with Gasteiger partial charge in [-0.15, -0.1) is 0 Å². The van der Waals surface area contributed by atoms with E-state index in [1.165, 1.54) is 6.07 Å². The minimum absolute atomic E-state index is 0.0205. The molecule has 2 aromatic rings. The third-order valence-electron chi connectivity index (χ3n) is 5.03. The number of aromatic nitrogens is 2. The Kier molecular flexibility index (Phi) is 3.06. The molecule has 0 radical (unpaired) electrons. The van der Waals surface area contributed by atoms with E-state index in [0.717, 1.165) is 37.4 Å². The highest BCUT2D eigenvalue weighted by molar-refractivity contribution is 5.82. The molecule has 1 aromatic carbocycles. The number of piperidine rings is 2. The summed E-state index contributed by atoms with van der Waals surface area (Å²) >= 11 is 0. The summed E-state index contributed by atoms with van der Waals surface area (Å²) in [5.74, 6) is 1.08. The normalized spacial score (nSPS) is 25.2. The molecule has 22 heavy (non-hydrogen) atoms. The average Bonchev–Trinajstić information content (AvgIpc) is 2.86. The van der Waals surface area contributed by atoms with Crippen LogP contribution < -0.4 is 10.2 Å². The molecule has 2 aliphatic heterocycles. The molecule has 5 nitrogen and oxygen atoms in total. The van der Waals surface area contributed by atoms with Crippen LogP contribution in [0.15, 0.2) is 18.2 Å². The van der Waals surface area contributed by atoms with Gasteiger partial charge in [0.2, 0.25) is 11.9 Å². The Labute approximate surface area is 128 Å². The molecule has 1 N–H and O–H groups in total. The topological polar surface area (TPSA) is 50.2 Å². The summed E-state index contributed by atoms with van der Waals surface area (Å²) < 4.78 is 15.8. The zero-order chi connectivity index (χ0) is 15.3. The second kappa shape index (κ2) is 4.97. The molecule has 1 aromatic heterocycles. The van der Waals surface area contributed by atoms with Crippen molar-refractivity contribution in [3.8, 4) is 0 Å². The number of amides is 1. The molecule has 2 atom stereocenters. The summed E-state index contributed by atoms with van der Waals surface area (Å²) in [5.41, 5.74) is 1.18. The quantitative estimate of drug-likeness (QED) is 0.872. The standard InChI is InChI=1S/C16H19FN4O/c1-20-13-4-2-3-12(17)14(13)19-16(20)21-8-6-10-5-7-18-15(22)11(10)9-21/h2-4,10-11H,5-9H2,1H3,(H,18,22)/t10-,11+/m0/s1. The summed E-state index contributed by atoms with van der Waals surface area (Å²) in [6, 6.07) is 5.00. The molecular formula is C16H19FN4O. The molecule has 2 aliphatic rings. The van der Waals surface area contributed by atoms with Gasteiger partial charge in [-0.2, -0.15) is 0 Å². The third-order valence-corrected chi connectivity index (χ3v) is 5.03. The second-order valence-electron chi connectivity index (χ2n) is 6.26. The largest absolute Gasteiger partial charge is 0.356 e. The molecular weight excluding hydrogens is 283 g/mol. The van der Waals surface area contributed by atoms with Crippen molar-refractivity contribution in [1.29, 1.82) is 0 Å². The lowest BCUT2D eigenvalue weighted by molar-refractivity contribution is -0.129. The van der Waals surface area contributed by atoms with Gasteiger partial charge < -0.3 is 14.8 Å². The first-order valence-electron chi connectivity index (χ1n) is 7.79. The lowest BCUT2D eigenvalue weighted by Gasteiger charge is -2.40. The Morgan fingerprint density at radius 2 is 2.23 bits per heavy atom. The highest BCUT2D eigenvalue weighted by Crippen LogP contribution is 2.32. The minimum atomic E-state index is -0.301. The number of nitrogens with one attached hydrogen (secondary N) is 1. The van der Waals surface area contributed by atoms with Gasteiger partial charge in [0.05, 0.1) is 11.4 Å². The molecule has 0 unspecified atom stereocenters. The summed E-state index contributed by atoms with van der Waals surface area (Å²) in [7, 11) is 1.90. The SMILES string of the molecule is Cn1c(N2CC[C@@H]3CCNC(=O)[C@@H]3C2)nc2c(F)cccc21. The van der Waals surface area contributed by atoms with Crippen LogP contribution in [-0.2, 0) is 11.8 Å². The average molecular weight is 302 g/mol. The van der Waals surface area contributed by atoms with Gasteiger partial charge in [0.15, 0.2) is 5.82 Å². The lowest BCUT2D eigenvalue weighted by atomic mass is 9.80. The maximum absolute atomic E-state index is 13.9. The fraction of sp³-hybridized carbons (Fsp3) is 0.500. The van der Waals surface area contributed by atoms with Gasteiger partial charge >= 0.3 is 0 Å². The van der Waals surface area contributed by atoms with E-state index in [1.54, 1.807) is 6.07 Å². The smallest absolute Gasteiger partial charge is 0.225 e. The Hall–Kier alpha value is -2.11. The summed E-state index contributed by atoms with van der Waals surface area (Å²) in [6.07, 6.45) is 2.05. The first-order chi connectivity index (χ1) is 10.6. The predicted octanol–water partition coefficient (Wildman–Crippen LogP) is 1.67. The van der Waals surface area contributed by atoms with Crippen molar-refractivity contribution in [2.45, 2.75) is 12.8 Å². The Bertz CT molecular complexity index is 741. The highest BCUT2D eigenvalue weighted by atomic mass is 19.1. The molecule has 2 saturated heterocycles. The maximum atomic E-state index is 13.9. The van der Waals surface area contributed by atoms with Crippen molar-refractivity contribution in [2.75, 3.05) is 24.5 Å². The van der Waals surface area contributed by atoms with Crippen molar-refractivity contribution >= 4 is 22.9 Å². The molecule has 0 spiro atoms. The van der Waals surface area contributed by atoms with Crippen molar-refractivity contribution in [1.82, 2.24) is 14.9 Å². The predicted molar refractivity (Wildman–Crippen MR) is 82.1 cm³/mol. The van der Waals surface area contributed by atoms with Crippen LogP contribution in [0.2, 0.25) is 0 Å². The van der Waals surface area contributed by atoms with Gasteiger partial charge in [0.25, 0.3) is 0 Å². The number of aryl methyl sites for hydroxylation is 1. The van der Waals surface area contributed by atoms with E-state index in [4.69, 9.17) is 0 Å². The first kappa shape index (κ1) is 13.5. The molecule has 0 bridgehead atoms. The van der Waals surface area contributed by atoms with E-state index in [-0.39, 0.29) is 17.6 Å². The fourth-order valence-corrected chi connectivity index (χ4v) is 3.79. The van der Waals surface area contributed by atoms with Crippen LogP contribution in [-0.4, -0.2) is 35.1 Å². The highest BCUT2D eigenvalue weighted by Gasteiger charge is 2.37. The van der Waals surface area contributed by atoms with Crippen LogP contribution in [0, 0.1) is 17.7 Å². The number of fused-ring (bicyclic) bond motifs is 2. The fourth-order valence-electron chi connectivity index (χ4n) is 3.79. The van der Waals surface area contributed by atoms with Gasteiger partial charge in [0.1, 0.15) is 5.52 Å². The molecule has 6 heteroatoms. The van der Waals surface area contributed by atoms with Crippen LogP contribution in [0.5, 0.6) is 0 Å². The van der Waals surface area contributed by atoms with Gasteiger partial charge in [-0.05, 0) is 30.9 Å². The monoisotopic (exact) mass is 302 g/mol. The van der Waals surface area contributed by atoms with E-state index in [2.05, 4.69) is 15.2 Å². The molecule has 3 heterocycles. The number of carbonyl (C=O) groups is 1. The van der Waals surface area contributed by atoms with E-state index in [1.807, 2.05) is 17.7 Å². The Morgan fingerprint density at radius 1 is 1.36 bits per heavy atom. The lowest BCUT2D eigenvalue weighted by Crippen LogP contribution is -2.52. The number of hydrogen-bond donors (Lipinski definition) is 1. The Morgan fingerprint density at radius 3 is 3.05 bits per heavy atom. The summed E-state index contributed by atoms with van der Waals surface area (Å²) in [4.78, 5) is 18.7. The number of hydrogen-bond acceptors (Lipinski definition) is 3. The number of nitrogens with zero attached hydrogens (tertiary/aromatic N) is 3. The number of rotatable bonds is 1. The van der Waals surface area contributed by atoms with E-state index >= 15 is 0 Å². The van der Waals surface area contributed by atoms with Crippen LogP contribution in [0.4, 0.5) is 10.3 Å². The molecule has 0 saturated carbocycles. The van der Waals surface area contributed by atoms with Crippen molar-refractivity contribution in [3.05, 3.63) is 24.0 Å². The van der Waals surface area contributed by atoms with E-state index < -0.39 is 0 Å². The number of imidazole rings is 1. The van der Waals surface area contributed by atoms with Gasteiger partial charge in [0, 0.05) is 26.7 Å². The molecule has 4 rings (SSSR count). The van der Waals surface area contributed by atoms with Crippen molar-refractivity contribution in [3.63, 3.8) is 0 Å². The number of carbonyl (C=O) groups excluding carboxylic acids is 1. The third kappa shape index (κ3) is 1.97. The number of anilines is 1. The minimum Gasteiger partial charge on any atom is -0.356 e. The van der Waals surface area contributed by atoms with Crippen LogP contribution in [0.3, 0.4) is 0 Å². The number of halogens is 1. The molecule has 0 aliphatic carbocycles. The zero-order valence-electron chi connectivity index (χ0n) is 12.6. The zero-order valence-corrected chi connectivity index (χ0v) is 12.6. The van der Waals surface area contributed by atoms with Gasteiger partial charge in [-0.3, -0.25) is 4.79 Å². The molecule has 116 valence electrons. The Balaban J connectivity index is 1.69. The molecule has 1 amide bonds. The van der Waals surface area contributed by atoms with Gasteiger partial charge in [-0.25, -0.2) is 9.37 Å². The van der Waals surface area contributed by atoms with Crippen LogP contribution in [0.25, 0.3) is 11.0 Å². The molecule has 2 fully saturated rings. The number of para-hydroxylation sites is 1.